The first-order valence-corrected chi connectivity index (χ1v) is 5.68. The van der Waals surface area contributed by atoms with Crippen molar-refractivity contribution in [2.24, 2.45) is 0 Å². The van der Waals surface area contributed by atoms with Gasteiger partial charge >= 0.3 is 0 Å². The molecule has 2 fully saturated rings. The van der Waals surface area contributed by atoms with Gasteiger partial charge in [-0.3, -0.25) is 0 Å². The summed E-state index contributed by atoms with van der Waals surface area (Å²) in [6, 6.07) is 0. The van der Waals surface area contributed by atoms with Gasteiger partial charge in [0.15, 0.2) is 0 Å². The average Bonchev–Trinajstić information content (AvgIpc) is 2.51. The number of hydrogen-bond donors (Lipinski definition) is 0. The maximum Gasteiger partial charge on any atom is 0.0371 e. The van der Waals surface area contributed by atoms with Crippen LogP contribution in [0.5, 0.6) is 0 Å². The predicted molar refractivity (Wildman–Crippen MR) is 58.7 cm³/mol. The fourth-order valence-electron chi connectivity index (χ4n) is 2.34. The van der Waals surface area contributed by atoms with E-state index in [4.69, 9.17) is 0 Å². The first kappa shape index (κ1) is 10.6. The summed E-state index contributed by atoms with van der Waals surface area (Å²) < 4.78 is 0. The number of hydrogen-bond acceptors (Lipinski definition) is 1. The van der Waals surface area contributed by atoms with Crippen LogP contribution >= 0.6 is 0 Å². The second-order valence-electron chi connectivity index (χ2n) is 4.17. The standard InChI is InChI=1S/C10H17N.C2H6/c1-9-5-3-8-11(9)10(2)6-4-7-10;1-2/h1,3-8H2,2H3;1-2H3. The second kappa shape index (κ2) is 4.17. The third-order valence-corrected chi connectivity index (χ3v) is 3.31. The molecule has 0 aromatic heterocycles. The first-order valence-electron chi connectivity index (χ1n) is 5.68. The van der Waals surface area contributed by atoms with Crippen molar-refractivity contribution in [3.8, 4) is 0 Å². The van der Waals surface area contributed by atoms with Crippen molar-refractivity contribution in [2.45, 2.75) is 58.4 Å². The van der Waals surface area contributed by atoms with Crippen molar-refractivity contribution in [1.29, 1.82) is 0 Å². The van der Waals surface area contributed by atoms with Gasteiger partial charge in [-0.15, -0.1) is 0 Å². The smallest absolute Gasteiger partial charge is 0.0371 e. The molecule has 1 heterocycles. The molecule has 0 N–H and O–H groups in total. The van der Waals surface area contributed by atoms with E-state index in [-0.39, 0.29) is 0 Å². The number of allylic oxidation sites excluding steroid dienone is 1. The van der Waals surface area contributed by atoms with E-state index in [1.807, 2.05) is 13.8 Å². The van der Waals surface area contributed by atoms with Crippen molar-refractivity contribution in [3.05, 3.63) is 12.3 Å². The van der Waals surface area contributed by atoms with Crippen molar-refractivity contribution >= 4 is 0 Å². The van der Waals surface area contributed by atoms with Crippen LogP contribution in [0.2, 0.25) is 0 Å². The Balaban J connectivity index is 0.000000396. The molecule has 0 atom stereocenters. The second-order valence-corrected chi connectivity index (χ2v) is 4.17. The molecule has 1 aliphatic carbocycles. The van der Waals surface area contributed by atoms with Crippen LogP contribution in [-0.2, 0) is 0 Å². The molecule has 0 bridgehead atoms. The molecule has 1 saturated carbocycles. The van der Waals surface area contributed by atoms with E-state index < -0.39 is 0 Å². The molecule has 0 aromatic carbocycles. The molecule has 0 radical (unpaired) electrons. The van der Waals surface area contributed by atoms with Gasteiger partial charge in [0, 0.05) is 17.8 Å². The zero-order valence-corrected chi connectivity index (χ0v) is 9.40. The molecule has 1 nitrogen and oxygen atoms in total. The van der Waals surface area contributed by atoms with Gasteiger partial charge in [0.1, 0.15) is 0 Å². The Labute approximate surface area is 82.8 Å². The Morgan fingerprint density at radius 1 is 1.23 bits per heavy atom. The summed E-state index contributed by atoms with van der Waals surface area (Å²) in [4.78, 5) is 2.54. The molecule has 0 unspecified atom stereocenters. The van der Waals surface area contributed by atoms with Gasteiger partial charge in [-0.2, -0.15) is 0 Å². The average molecular weight is 181 g/mol. The minimum Gasteiger partial charge on any atom is -0.370 e. The quantitative estimate of drug-likeness (QED) is 0.598. The van der Waals surface area contributed by atoms with E-state index in [0.29, 0.717) is 5.54 Å². The molecule has 1 aliphatic heterocycles. The van der Waals surface area contributed by atoms with Crippen molar-refractivity contribution in [2.75, 3.05) is 6.54 Å². The predicted octanol–water partition coefficient (Wildman–Crippen LogP) is 3.56. The molecular formula is C12H23N. The zero-order chi connectivity index (χ0) is 9.90. The van der Waals surface area contributed by atoms with Crippen LogP contribution in [0, 0.1) is 0 Å². The lowest BCUT2D eigenvalue weighted by atomic mass is 9.77. The molecular weight excluding hydrogens is 158 g/mol. The highest BCUT2D eigenvalue weighted by Gasteiger charge is 2.39. The van der Waals surface area contributed by atoms with Gasteiger partial charge in [-0.05, 0) is 39.0 Å². The molecule has 13 heavy (non-hydrogen) atoms. The van der Waals surface area contributed by atoms with Crippen LogP contribution in [0.1, 0.15) is 52.9 Å². The summed E-state index contributed by atoms with van der Waals surface area (Å²) in [5.41, 5.74) is 1.89. The fourth-order valence-corrected chi connectivity index (χ4v) is 2.34. The third kappa shape index (κ3) is 1.90. The van der Waals surface area contributed by atoms with Crippen molar-refractivity contribution in [1.82, 2.24) is 4.90 Å². The summed E-state index contributed by atoms with van der Waals surface area (Å²) >= 11 is 0. The Hall–Kier alpha value is -0.460. The van der Waals surface area contributed by atoms with Gasteiger partial charge in [0.05, 0.1) is 0 Å². The summed E-state index contributed by atoms with van der Waals surface area (Å²) in [6.07, 6.45) is 6.74. The molecule has 1 saturated heterocycles. The molecule has 1 heteroatoms. The maximum absolute atomic E-state index is 4.11. The van der Waals surface area contributed by atoms with E-state index in [1.54, 1.807) is 0 Å². The zero-order valence-electron chi connectivity index (χ0n) is 9.40. The minimum atomic E-state index is 0.508. The van der Waals surface area contributed by atoms with E-state index >= 15 is 0 Å². The van der Waals surface area contributed by atoms with Gasteiger partial charge in [0.2, 0.25) is 0 Å². The summed E-state index contributed by atoms with van der Waals surface area (Å²) in [5.74, 6) is 0. The van der Waals surface area contributed by atoms with E-state index in [2.05, 4.69) is 18.4 Å². The fraction of sp³-hybridized carbons (Fsp3) is 0.833. The van der Waals surface area contributed by atoms with E-state index in [1.165, 1.54) is 44.3 Å². The van der Waals surface area contributed by atoms with E-state index in [9.17, 15) is 0 Å². The molecule has 76 valence electrons. The monoisotopic (exact) mass is 181 g/mol. The lowest BCUT2D eigenvalue weighted by Crippen LogP contribution is -2.48. The number of rotatable bonds is 1. The highest BCUT2D eigenvalue weighted by Crippen LogP contribution is 2.41. The summed E-state index contributed by atoms with van der Waals surface area (Å²) in [7, 11) is 0. The molecule has 0 amide bonds. The SMILES string of the molecule is C=C1CCCN1C1(C)CCC1.CC. The lowest BCUT2D eigenvalue weighted by Gasteiger charge is -2.48. The molecule has 2 aliphatic rings. The molecule has 0 spiro atoms. The number of nitrogens with zero attached hydrogens (tertiary/aromatic N) is 1. The van der Waals surface area contributed by atoms with Gasteiger partial charge < -0.3 is 4.90 Å². The van der Waals surface area contributed by atoms with Gasteiger partial charge in [-0.25, -0.2) is 0 Å². The third-order valence-electron chi connectivity index (χ3n) is 3.31. The van der Waals surface area contributed by atoms with Crippen LogP contribution in [0.25, 0.3) is 0 Å². The van der Waals surface area contributed by atoms with Crippen LogP contribution in [0.3, 0.4) is 0 Å². The maximum atomic E-state index is 4.11. The molecule has 0 aromatic rings. The normalized spacial score (nSPS) is 24.8. The van der Waals surface area contributed by atoms with Crippen molar-refractivity contribution < 1.29 is 0 Å². The van der Waals surface area contributed by atoms with E-state index in [0.717, 1.165) is 0 Å². The van der Waals surface area contributed by atoms with Crippen LogP contribution in [0.4, 0.5) is 0 Å². The number of likely N-dealkylation sites (tertiary alicyclic amines) is 1. The Morgan fingerprint density at radius 2 is 1.85 bits per heavy atom. The highest BCUT2D eigenvalue weighted by atomic mass is 15.2. The van der Waals surface area contributed by atoms with Crippen LogP contribution in [0.15, 0.2) is 12.3 Å². The highest BCUT2D eigenvalue weighted by molar-refractivity contribution is 5.09. The van der Waals surface area contributed by atoms with Crippen LogP contribution in [-0.4, -0.2) is 17.0 Å². The minimum absolute atomic E-state index is 0.508. The topological polar surface area (TPSA) is 3.24 Å². The Morgan fingerprint density at radius 3 is 2.15 bits per heavy atom. The summed E-state index contributed by atoms with van der Waals surface area (Å²) in [5, 5.41) is 0. The van der Waals surface area contributed by atoms with Gasteiger partial charge in [-0.1, -0.05) is 20.4 Å². The lowest BCUT2D eigenvalue weighted by molar-refractivity contribution is 0.0786. The Kier molecular flexibility index (Phi) is 3.40. The van der Waals surface area contributed by atoms with Crippen LogP contribution < -0.4 is 0 Å². The van der Waals surface area contributed by atoms with Gasteiger partial charge in [0.25, 0.3) is 0 Å². The molecule has 2 rings (SSSR count). The summed E-state index contributed by atoms with van der Waals surface area (Å²) in [6.45, 7) is 11.8. The largest absolute Gasteiger partial charge is 0.370 e. The van der Waals surface area contributed by atoms with Crippen molar-refractivity contribution in [3.63, 3.8) is 0 Å². The Bertz CT molecular complexity index is 180. The first-order chi connectivity index (χ1) is 6.22.